The second-order valence-corrected chi connectivity index (χ2v) is 6.57. The maximum Gasteiger partial charge on any atom is 0.247 e. The zero-order valence-corrected chi connectivity index (χ0v) is 13.8. The first-order valence-electron chi connectivity index (χ1n) is 7.78. The Bertz CT molecular complexity index is 767. The van der Waals surface area contributed by atoms with Crippen LogP contribution in [0.2, 0.25) is 0 Å². The van der Waals surface area contributed by atoms with Gasteiger partial charge in [-0.15, -0.1) is 11.3 Å². The molecular formula is C19H18N2OS. The summed E-state index contributed by atoms with van der Waals surface area (Å²) in [7, 11) is 0. The minimum absolute atomic E-state index is 0.0538. The molecule has 2 heterocycles. The van der Waals surface area contributed by atoms with Crippen molar-refractivity contribution in [1.82, 2.24) is 4.90 Å². The van der Waals surface area contributed by atoms with Crippen molar-refractivity contribution in [2.75, 3.05) is 6.54 Å². The molecule has 0 fully saturated rings. The van der Waals surface area contributed by atoms with Crippen molar-refractivity contribution in [3.8, 4) is 6.07 Å². The number of amides is 1. The second kappa shape index (κ2) is 6.80. The van der Waals surface area contributed by atoms with Crippen LogP contribution in [0.5, 0.6) is 0 Å². The number of nitriles is 1. The van der Waals surface area contributed by atoms with Crippen LogP contribution < -0.4 is 0 Å². The van der Waals surface area contributed by atoms with Gasteiger partial charge in [-0.1, -0.05) is 19.1 Å². The van der Waals surface area contributed by atoms with E-state index in [0.717, 1.165) is 24.9 Å². The Morgan fingerprint density at radius 1 is 1.39 bits per heavy atom. The van der Waals surface area contributed by atoms with Gasteiger partial charge in [-0.2, -0.15) is 5.26 Å². The highest BCUT2D eigenvalue weighted by Gasteiger charge is 2.29. The Kier molecular flexibility index (Phi) is 4.59. The number of nitrogens with zero attached hydrogens (tertiary/aromatic N) is 2. The van der Waals surface area contributed by atoms with Gasteiger partial charge in [0.1, 0.15) is 0 Å². The van der Waals surface area contributed by atoms with Gasteiger partial charge in [0.25, 0.3) is 0 Å². The van der Waals surface area contributed by atoms with E-state index >= 15 is 0 Å². The molecule has 3 nitrogen and oxygen atoms in total. The lowest BCUT2D eigenvalue weighted by Gasteiger charge is -2.34. The van der Waals surface area contributed by atoms with E-state index in [1.54, 1.807) is 29.5 Å². The monoisotopic (exact) mass is 322 g/mol. The quantitative estimate of drug-likeness (QED) is 0.796. The zero-order valence-electron chi connectivity index (χ0n) is 13.0. The van der Waals surface area contributed by atoms with Gasteiger partial charge in [0, 0.05) is 17.5 Å². The molecule has 0 saturated heterocycles. The summed E-state index contributed by atoms with van der Waals surface area (Å²) in [5.74, 6) is 0.0538. The molecule has 1 unspecified atom stereocenters. The molecule has 1 aromatic heterocycles. The van der Waals surface area contributed by atoms with Crippen molar-refractivity contribution in [1.29, 1.82) is 5.26 Å². The standard InChI is InChI=1S/C19H18N2OS/c1-2-17-16-10-12-23-18(16)9-11-21(17)19(22)8-7-14-3-5-15(13-20)6-4-14/h3-8,10,12,17H,2,9,11H2,1H3/b8-7+. The van der Waals surface area contributed by atoms with Gasteiger partial charge in [-0.3, -0.25) is 4.79 Å². The summed E-state index contributed by atoms with van der Waals surface area (Å²) < 4.78 is 0. The predicted octanol–water partition coefficient (Wildman–Crippen LogP) is 4.17. The molecule has 1 amide bonds. The minimum atomic E-state index is 0.0538. The fourth-order valence-electron chi connectivity index (χ4n) is 3.03. The Morgan fingerprint density at radius 2 is 2.17 bits per heavy atom. The lowest BCUT2D eigenvalue weighted by atomic mass is 9.97. The molecule has 0 radical (unpaired) electrons. The van der Waals surface area contributed by atoms with Gasteiger partial charge in [-0.05, 0) is 53.6 Å². The number of hydrogen-bond donors (Lipinski definition) is 0. The normalized spacial score (nSPS) is 17.0. The second-order valence-electron chi connectivity index (χ2n) is 5.57. The van der Waals surface area contributed by atoms with E-state index in [-0.39, 0.29) is 11.9 Å². The SMILES string of the molecule is CCC1c2ccsc2CCN1C(=O)/C=C/c1ccc(C#N)cc1. The summed E-state index contributed by atoms with van der Waals surface area (Å²) in [4.78, 5) is 16.0. The number of carbonyl (C=O) groups excluding carboxylic acids is 1. The van der Waals surface area contributed by atoms with E-state index in [1.807, 2.05) is 23.1 Å². The van der Waals surface area contributed by atoms with Crippen LogP contribution in [0, 0.1) is 11.3 Å². The van der Waals surface area contributed by atoms with E-state index in [9.17, 15) is 4.79 Å². The maximum absolute atomic E-state index is 12.6. The van der Waals surface area contributed by atoms with Crippen LogP contribution in [0.15, 0.2) is 41.8 Å². The number of benzene rings is 1. The molecule has 0 saturated carbocycles. The molecule has 0 N–H and O–H groups in total. The summed E-state index contributed by atoms with van der Waals surface area (Å²) in [5, 5.41) is 10.9. The molecule has 23 heavy (non-hydrogen) atoms. The summed E-state index contributed by atoms with van der Waals surface area (Å²) in [5.41, 5.74) is 2.86. The molecule has 0 bridgehead atoms. The van der Waals surface area contributed by atoms with Crippen molar-refractivity contribution in [3.05, 3.63) is 63.4 Å². The highest BCUT2D eigenvalue weighted by Crippen LogP contribution is 2.35. The molecule has 0 spiro atoms. The fourth-order valence-corrected chi connectivity index (χ4v) is 3.96. The Labute approximate surface area is 140 Å². The van der Waals surface area contributed by atoms with E-state index in [0.29, 0.717) is 5.56 Å². The van der Waals surface area contributed by atoms with Crippen LogP contribution in [0.4, 0.5) is 0 Å². The topological polar surface area (TPSA) is 44.1 Å². The Hall–Kier alpha value is -2.38. The molecule has 1 aliphatic heterocycles. The number of hydrogen-bond acceptors (Lipinski definition) is 3. The van der Waals surface area contributed by atoms with Crippen LogP contribution in [0.1, 0.15) is 41.0 Å². The average Bonchev–Trinajstić information content (AvgIpc) is 3.07. The molecular weight excluding hydrogens is 304 g/mol. The van der Waals surface area contributed by atoms with Crippen molar-refractivity contribution in [2.45, 2.75) is 25.8 Å². The number of carbonyl (C=O) groups is 1. The molecule has 1 aliphatic rings. The number of rotatable bonds is 3. The van der Waals surface area contributed by atoms with Gasteiger partial charge in [0.05, 0.1) is 17.7 Å². The van der Waals surface area contributed by atoms with Gasteiger partial charge in [-0.25, -0.2) is 0 Å². The zero-order chi connectivity index (χ0) is 16.2. The number of fused-ring (bicyclic) bond motifs is 1. The largest absolute Gasteiger partial charge is 0.332 e. The van der Waals surface area contributed by atoms with Crippen LogP contribution in [0.25, 0.3) is 6.08 Å². The van der Waals surface area contributed by atoms with Crippen LogP contribution in [-0.4, -0.2) is 17.4 Å². The van der Waals surface area contributed by atoms with E-state index < -0.39 is 0 Å². The molecule has 1 aromatic carbocycles. The lowest BCUT2D eigenvalue weighted by Crippen LogP contribution is -2.38. The van der Waals surface area contributed by atoms with Crippen LogP contribution in [-0.2, 0) is 11.2 Å². The molecule has 116 valence electrons. The van der Waals surface area contributed by atoms with Gasteiger partial charge < -0.3 is 4.90 Å². The summed E-state index contributed by atoms with van der Waals surface area (Å²) in [6.45, 7) is 2.91. The van der Waals surface area contributed by atoms with Crippen molar-refractivity contribution < 1.29 is 4.79 Å². The van der Waals surface area contributed by atoms with Crippen molar-refractivity contribution in [3.63, 3.8) is 0 Å². The Balaban J connectivity index is 1.75. The minimum Gasteiger partial charge on any atom is -0.332 e. The van der Waals surface area contributed by atoms with E-state index in [2.05, 4.69) is 24.4 Å². The van der Waals surface area contributed by atoms with Crippen LogP contribution in [0.3, 0.4) is 0 Å². The third-order valence-corrected chi connectivity index (χ3v) is 5.22. The average molecular weight is 322 g/mol. The van der Waals surface area contributed by atoms with Gasteiger partial charge >= 0.3 is 0 Å². The predicted molar refractivity (Wildman–Crippen MR) is 93.0 cm³/mol. The van der Waals surface area contributed by atoms with E-state index in [4.69, 9.17) is 5.26 Å². The Morgan fingerprint density at radius 3 is 2.87 bits per heavy atom. The van der Waals surface area contributed by atoms with Crippen LogP contribution >= 0.6 is 11.3 Å². The molecule has 1 atom stereocenters. The highest BCUT2D eigenvalue weighted by molar-refractivity contribution is 7.10. The first kappa shape index (κ1) is 15.5. The summed E-state index contributed by atoms with van der Waals surface area (Å²) in [6, 6.07) is 11.7. The molecule has 0 aliphatic carbocycles. The third kappa shape index (κ3) is 3.20. The first-order valence-corrected chi connectivity index (χ1v) is 8.66. The summed E-state index contributed by atoms with van der Waals surface area (Å²) in [6.07, 6.45) is 5.33. The summed E-state index contributed by atoms with van der Waals surface area (Å²) >= 11 is 1.79. The number of thiophene rings is 1. The van der Waals surface area contributed by atoms with Crippen molar-refractivity contribution in [2.24, 2.45) is 0 Å². The van der Waals surface area contributed by atoms with Gasteiger partial charge in [0.15, 0.2) is 0 Å². The molecule has 3 rings (SSSR count). The van der Waals surface area contributed by atoms with Gasteiger partial charge in [0.2, 0.25) is 5.91 Å². The third-order valence-electron chi connectivity index (χ3n) is 4.22. The maximum atomic E-state index is 12.6. The molecule has 2 aromatic rings. The smallest absolute Gasteiger partial charge is 0.247 e. The molecule has 4 heteroatoms. The highest BCUT2D eigenvalue weighted by atomic mass is 32.1. The fraction of sp³-hybridized carbons (Fsp3) is 0.263. The van der Waals surface area contributed by atoms with Crippen molar-refractivity contribution >= 4 is 23.3 Å². The van der Waals surface area contributed by atoms with E-state index in [1.165, 1.54) is 10.4 Å². The first-order chi connectivity index (χ1) is 11.2. The lowest BCUT2D eigenvalue weighted by molar-refractivity contribution is -0.128.